The number of carbonyl (C=O) groups excluding carboxylic acids is 1. The molecular weight excluding hydrogens is 715 g/mol. The standard InChI is InChI=1S/C34H31BrCl2N2O6S/c1-6-43-33(41)29-19(4)38-34-39(30(29)20-11-12-26(45-18(2)3)27(14-20)42-5)32(40)28(46-34)15-22-13-23(36)16-24(35)31(22)44-17-21-9-7-8-10-25(21)37/h7-16,18,30H,6,17H2,1-5H3/b28-15+/t30-/m1/s1. The number of hydrogen-bond acceptors (Lipinski definition) is 8. The Morgan fingerprint density at radius 1 is 1.13 bits per heavy atom. The molecule has 46 heavy (non-hydrogen) atoms. The van der Waals surface area contributed by atoms with E-state index in [1.807, 2.05) is 38.1 Å². The fourth-order valence-electron chi connectivity index (χ4n) is 5.06. The number of halogens is 3. The van der Waals surface area contributed by atoms with E-state index in [0.29, 0.717) is 57.9 Å². The van der Waals surface area contributed by atoms with Crippen LogP contribution in [0.3, 0.4) is 0 Å². The third-order valence-electron chi connectivity index (χ3n) is 7.04. The van der Waals surface area contributed by atoms with E-state index in [2.05, 4.69) is 20.9 Å². The van der Waals surface area contributed by atoms with Crippen LogP contribution in [-0.2, 0) is 16.1 Å². The van der Waals surface area contributed by atoms with Gasteiger partial charge in [-0.15, -0.1) is 0 Å². The zero-order chi connectivity index (χ0) is 33.1. The van der Waals surface area contributed by atoms with Crippen LogP contribution in [0.1, 0.15) is 50.4 Å². The molecule has 5 rings (SSSR count). The highest BCUT2D eigenvalue weighted by Crippen LogP contribution is 2.37. The first kappa shape index (κ1) is 33.8. The summed E-state index contributed by atoms with van der Waals surface area (Å²) in [7, 11) is 1.54. The molecule has 0 bridgehead atoms. The van der Waals surface area contributed by atoms with Gasteiger partial charge in [-0.05, 0) is 85.6 Å². The molecule has 1 aliphatic rings. The highest BCUT2D eigenvalue weighted by molar-refractivity contribution is 9.10. The molecular formula is C34H31BrCl2N2O6S. The van der Waals surface area contributed by atoms with Crippen LogP contribution in [0.15, 0.2) is 80.1 Å². The van der Waals surface area contributed by atoms with Gasteiger partial charge in [0, 0.05) is 21.2 Å². The van der Waals surface area contributed by atoms with E-state index in [1.54, 1.807) is 57.4 Å². The molecule has 0 spiro atoms. The molecule has 0 saturated heterocycles. The first-order valence-corrected chi connectivity index (χ1v) is 16.8. The molecule has 0 N–H and O–H groups in total. The number of esters is 1. The van der Waals surface area contributed by atoms with Crippen molar-refractivity contribution in [1.82, 2.24) is 4.57 Å². The smallest absolute Gasteiger partial charge is 0.338 e. The number of thiazole rings is 1. The van der Waals surface area contributed by atoms with Crippen LogP contribution >= 0.6 is 50.5 Å². The van der Waals surface area contributed by atoms with Crippen molar-refractivity contribution in [2.45, 2.75) is 46.4 Å². The van der Waals surface area contributed by atoms with Crippen LogP contribution in [0.2, 0.25) is 10.0 Å². The van der Waals surface area contributed by atoms with Crippen LogP contribution in [0.5, 0.6) is 17.2 Å². The molecule has 0 radical (unpaired) electrons. The van der Waals surface area contributed by atoms with E-state index in [0.717, 1.165) is 5.56 Å². The second-order valence-corrected chi connectivity index (χ2v) is 13.3. The molecule has 1 aromatic heterocycles. The lowest BCUT2D eigenvalue weighted by molar-refractivity contribution is -0.139. The van der Waals surface area contributed by atoms with Crippen molar-refractivity contribution in [3.05, 3.63) is 117 Å². The van der Waals surface area contributed by atoms with E-state index in [1.165, 1.54) is 15.9 Å². The molecule has 1 atom stereocenters. The largest absolute Gasteiger partial charge is 0.493 e. The predicted octanol–water partition coefficient (Wildman–Crippen LogP) is 7.24. The molecule has 2 heterocycles. The topological polar surface area (TPSA) is 88.4 Å². The Labute approximate surface area is 288 Å². The third-order valence-corrected chi connectivity index (χ3v) is 9.20. The lowest BCUT2D eigenvalue weighted by Crippen LogP contribution is -2.40. The zero-order valence-corrected chi connectivity index (χ0v) is 29.6. The number of nitrogens with zero attached hydrogens (tertiary/aromatic N) is 2. The average Bonchev–Trinajstić information content (AvgIpc) is 3.30. The number of aromatic nitrogens is 1. The second-order valence-electron chi connectivity index (χ2n) is 10.6. The van der Waals surface area contributed by atoms with Crippen LogP contribution in [0.4, 0.5) is 0 Å². The zero-order valence-electron chi connectivity index (χ0n) is 25.7. The Balaban J connectivity index is 1.67. The molecule has 4 aromatic rings. The lowest BCUT2D eigenvalue weighted by atomic mass is 9.95. The third kappa shape index (κ3) is 7.05. The van der Waals surface area contributed by atoms with Gasteiger partial charge in [-0.2, -0.15) is 0 Å². The summed E-state index contributed by atoms with van der Waals surface area (Å²) in [6.45, 7) is 7.66. The number of hydrogen-bond donors (Lipinski definition) is 0. The first-order chi connectivity index (χ1) is 22.0. The first-order valence-electron chi connectivity index (χ1n) is 14.4. The van der Waals surface area contributed by atoms with Gasteiger partial charge in [-0.25, -0.2) is 9.79 Å². The summed E-state index contributed by atoms with van der Waals surface area (Å²) in [5, 5.41) is 1.03. The van der Waals surface area contributed by atoms with Crippen LogP contribution < -0.4 is 29.1 Å². The molecule has 0 saturated carbocycles. The Morgan fingerprint density at radius 3 is 2.59 bits per heavy atom. The summed E-state index contributed by atoms with van der Waals surface area (Å²) in [4.78, 5) is 32.7. The highest BCUT2D eigenvalue weighted by Gasteiger charge is 2.34. The van der Waals surface area contributed by atoms with Crippen molar-refractivity contribution < 1.29 is 23.7 Å². The van der Waals surface area contributed by atoms with Crippen LogP contribution in [-0.4, -0.2) is 30.4 Å². The molecule has 8 nitrogen and oxygen atoms in total. The van der Waals surface area contributed by atoms with E-state index in [-0.39, 0.29) is 30.5 Å². The number of methoxy groups -OCH3 is 1. The molecule has 0 aliphatic carbocycles. The monoisotopic (exact) mass is 744 g/mol. The average molecular weight is 747 g/mol. The predicted molar refractivity (Wildman–Crippen MR) is 184 cm³/mol. The maximum Gasteiger partial charge on any atom is 0.338 e. The maximum absolute atomic E-state index is 14.3. The van der Waals surface area contributed by atoms with Gasteiger partial charge in [-0.1, -0.05) is 58.8 Å². The van der Waals surface area contributed by atoms with Gasteiger partial charge >= 0.3 is 5.97 Å². The van der Waals surface area contributed by atoms with Crippen molar-refractivity contribution >= 4 is 62.5 Å². The Bertz CT molecular complexity index is 2020. The molecule has 0 amide bonds. The quantitative estimate of drug-likeness (QED) is 0.159. The van der Waals surface area contributed by atoms with E-state index in [9.17, 15) is 9.59 Å². The summed E-state index contributed by atoms with van der Waals surface area (Å²) in [6, 6.07) is 15.4. The Morgan fingerprint density at radius 2 is 1.89 bits per heavy atom. The Kier molecular flexibility index (Phi) is 10.6. The summed E-state index contributed by atoms with van der Waals surface area (Å²) < 4.78 is 25.7. The lowest BCUT2D eigenvalue weighted by Gasteiger charge is -2.25. The summed E-state index contributed by atoms with van der Waals surface area (Å²) in [5.74, 6) is 0.942. The minimum atomic E-state index is -0.832. The number of benzene rings is 3. The van der Waals surface area contributed by atoms with Crippen molar-refractivity contribution in [3.8, 4) is 17.2 Å². The number of carbonyl (C=O) groups is 1. The maximum atomic E-state index is 14.3. The summed E-state index contributed by atoms with van der Waals surface area (Å²) in [5.41, 5.74) is 2.37. The fraction of sp³-hybridized carbons (Fsp3) is 0.265. The van der Waals surface area contributed by atoms with Crippen molar-refractivity contribution in [2.75, 3.05) is 13.7 Å². The SMILES string of the molecule is CCOC(=O)C1=C(C)N=c2s/c(=C/c3cc(Cl)cc(Br)c3OCc3ccccc3Cl)c(=O)n2[C@@H]1c1ccc(OC(C)C)c(OC)c1. The Hall–Kier alpha value is -3.57. The van der Waals surface area contributed by atoms with Crippen LogP contribution in [0.25, 0.3) is 6.08 Å². The van der Waals surface area contributed by atoms with Gasteiger partial charge in [-0.3, -0.25) is 9.36 Å². The number of rotatable bonds is 10. The molecule has 0 fully saturated rings. The number of fused-ring (bicyclic) bond motifs is 1. The van der Waals surface area contributed by atoms with E-state index >= 15 is 0 Å². The summed E-state index contributed by atoms with van der Waals surface area (Å²) in [6.07, 6.45) is 1.63. The highest BCUT2D eigenvalue weighted by atomic mass is 79.9. The van der Waals surface area contributed by atoms with Gasteiger partial charge in [0.05, 0.1) is 46.1 Å². The van der Waals surface area contributed by atoms with Gasteiger partial charge in [0.1, 0.15) is 12.4 Å². The summed E-state index contributed by atoms with van der Waals surface area (Å²) >= 11 is 17.6. The second kappa shape index (κ2) is 14.5. The van der Waals surface area contributed by atoms with Crippen molar-refractivity contribution in [1.29, 1.82) is 0 Å². The van der Waals surface area contributed by atoms with Gasteiger partial charge in [0.2, 0.25) is 0 Å². The minimum Gasteiger partial charge on any atom is -0.493 e. The molecule has 3 aromatic carbocycles. The van der Waals surface area contributed by atoms with Crippen molar-refractivity contribution in [3.63, 3.8) is 0 Å². The minimum absolute atomic E-state index is 0.0836. The van der Waals surface area contributed by atoms with Crippen LogP contribution in [0, 0.1) is 0 Å². The fourth-order valence-corrected chi connectivity index (χ4v) is 7.24. The molecule has 1 aliphatic heterocycles. The van der Waals surface area contributed by atoms with Gasteiger partial charge in [0.25, 0.3) is 5.56 Å². The molecule has 240 valence electrons. The normalized spacial score (nSPS) is 14.6. The number of allylic oxidation sites excluding steroid dienone is 1. The van der Waals surface area contributed by atoms with E-state index in [4.69, 9.17) is 42.1 Å². The van der Waals surface area contributed by atoms with Gasteiger partial charge in [0.15, 0.2) is 16.3 Å². The molecule has 0 unspecified atom stereocenters. The van der Waals surface area contributed by atoms with Gasteiger partial charge < -0.3 is 18.9 Å². The van der Waals surface area contributed by atoms with Crippen molar-refractivity contribution in [2.24, 2.45) is 4.99 Å². The molecule has 12 heteroatoms. The van der Waals surface area contributed by atoms with E-state index < -0.39 is 12.0 Å². The number of ether oxygens (including phenoxy) is 4.